The van der Waals surface area contributed by atoms with Crippen LogP contribution in [0.5, 0.6) is 0 Å². The average Bonchev–Trinajstić information content (AvgIpc) is 3.05. The second-order valence-corrected chi connectivity index (χ2v) is 12.7. The maximum absolute atomic E-state index is 13.9. The summed E-state index contributed by atoms with van der Waals surface area (Å²) in [7, 11) is 0. The molecule has 1 rings (SSSR count). The van der Waals surface area contributed by atoms with E-state index in [2.05, 4.69) is 21.3 Å². The standard InChI is InChI=1S/C33H53N9O10/c1-17(2)42(32(50)27(19(4)43)41-29(47)21(35)15-25(36)44)24(12-8-9-13-34)31(49)38-18(3)28(46)39-22(14-20-10-6-5-7-11-20)30(48)40-23(33(51)52)16-26(37)45/h5-7,10-11,17-19,21-24,27,43H,8-9,12-16,34-35H2,1-4H3,(H2,36,44)(H2,37,45)(H,38,49)(H,39,46)(H,40,48)(H,41,47)(H,51,52)/t18-,19+,21-,22-,23-,24-,27-/m0/s1. The quantitative estimate of drug-likeness (QED) is 0.0489. The molecule has 1 aromatic rings. The number of rotatable bonds is 23. The summed E-state index contributed by atoms with van der Waals surface area (Å²) in [6, 6.07) is -0.767. The molecule has 0 aliphatic heterocycles. The van der Waals surface area contributed by atoms with E-state index in [1.54, 1.807) is 44.2 Å². The normalized spacial score (nSPS) is 15.1. The molecule has 0 fully saturated rings. The molecule has 0 unspecified atom stereocenters. The zero-order valence-electron chi connectivity index (χ0n) is 29.9. The molecular formula is C33H53N9O10. The van der Waals surface area contributed by atoms with Crippen LogP contribution in [-0.2, 0) is 44.8 Å². The van der Waals surface area contributed by atoms with Gasteiger partial charge in [0.2, 0.25) is 41.4 Å². The molecule has 0 aliphatic rings. The topological polar surface area (TPSA) is 332 Å². The number of carbonyl (C=O) groups excluding carboxylic acids is 7. The fraction of sp³-hybridized carbons (Fsp3) is 0.576. The van der Waals surface area contributed by atoms with Gasteiger partial charge >= 0.3 is 5.97 Å². The highest BCUT2D eigenvalue weighted by molar-refractivity contribution is 5.97. The van der Waals surface area contributed by atoms with E-state index in [1.807, 2.05) is 0 Å². The maximum atomic E-state index is 13.9. The van der Waals surface area contributed by atoms with Crippen molar-refractivity contribution in [3.8, 4) is 0 Å². The minimum Gasteiger partial charge on any atom is -0.480 e. The second-order valence-electron chi connectivity index (χ2n) is 12.7. The van der Waals surface area contributed by atoms with Gasteiger partial charge in [0, 0.05) is 12.5 Å². The molecule has 0 saturated heterocycles. The highest BCUT2D eigenvalue weighted by atomic mass is 16.4. The van der Waals surface area contributed by atoms with Gasteiger partial charge in [-0.15, -0.1) is 0 Å². The Bertz CT molecular complexity index is 1410. The first-order chi connectivity index (χ1) is 24.3. The molecule has 19 nitrogen and oxygen atoms in total. The lowest BCUT2D eigenvalue weighted by molar-refractivity contribution is -0.148. The molecule has 19 heteroatoms. The number of hydrogen-bond donors (Lipinski definition) is 10. The minimum atomic E-state index is -1.67. The minimum absolute atomic E-state index is 0.0679. The largest absolute Gasteiger partial charge is 0.480 e. The van der Waals surface area contributed by atoms with Crippen LogP contribution < -0.4 is 44.2 Å². The Balaban J connectivity index is 3.35. The van der Waals surface area contributed by atoms with Gasteiger partial charge in [-0.25, -0.2) is 4.79 Å². The highest BCUT2D eigenvalue weighted by Crippen LogP contribution is 2.17. The van der Waals surface area contributed by atoms with E-state index in [0.717, 1.165) is 4.90 Å². The molecule has 0 radical (unpaired) electrons. The first kappa shape index (κ1) is 44.9. The van der Waals surface area contributed by atoms with Crippen molar-refractivity contribution in [3.63, 3.8) is 0 Å². The fourth-order valence-corrected chi connectivity index (χ4v) is 5.17. The Labute approximate surface area is 301 Å². The third-order valence-corrected chi connectivity index (χ3v) is 7.87. The van der Waals surface area contributed by atoms with Crippen molar-refractivity contribution in [1.29, 1.82) is 0 Å². The Morgan fingerprint density at radius 1 is 0.750 bits per heavy atom. The molecule has 1 aromatic carbocycles. The second kappa shape index (κ2) is 21.9. The predicted octanol–water partition coefficient (Wildman–Crippen LogP) is -3.53. The third-order valence-electron chi connectivity index (χ3n) is 7.87. The van der Waals surface area contributed by atoms with Crippen molar-refractivity contribution in [1.82, 2.24) is 26.2 Å². The number of carboxylic acids is 1. The van der Waals surface area contributed by atoms with E-state index >= 15 is 0 Å². The number of unbranched alkanes of at least 4 members (excludes halogenated alkanes) is 1. The van der Waals surface area contributed by atoms with Crippen LogP contribution >= 0.6 is 0 Å². The van der Waals surface area contributed by atoms with Crippen LogP contribution in [0.4, 0.5) is 0 Å². The number of nitrogens with two attached hydrogens (primary N) is 4. The summed E-state index contributed by atoms with van der Waals surface area (Å²) in [5.74, 6) is -7.69. The van der Waals surface area contributed by atoms with Gasteiger partial charge in [-0.2, -0.15) is 0 Å². The Hall–Kier alpha value is -5.14. The van der Waals surface area contributed by atoms with Crippen LogP contribution in [0.3, 0.4) is 0 Å². The van der Waals surface area contributed by atoms with E-state index in [-0.39, 0.29) is 19.4 Å². The van der Waals surface area contributed by atoms with Crippen molar-refractivity contribution in [2.75, 3.05) is 6.54 Å². The van der Waals surface area contributed by atoms with Gasteiger partial charge in [-0.1, -0.05) is 30.3 Å². The van der Waals surface area contributed by atoms with E-state index in [0.29, 0.717) is 18.4 Å². The van der Waals surface area contributed by atoms with Gasteiger partial charge in [-0.3, -0.25) is 33.6 Å². The number of carbonyl (C=O) groups is 8. The van der Waals surface area contributed by atoms with Crippen LogP contribution in [0.25, 0.3) is 0 Å². The maximum Gasteiger partial charge on any atom is 0.326 e. The number of hydrogen-bond acceptors (Lipinski definition) is 11. The first-order valence-corrected chi connectivity index (χ1v) is 16.8. The lowest BCUT2D eigenvalue weighted by Gasteiger charge is -2.38. The van der Waals surface area contributed by atoms with Crippen LogP contribution in [0, 0.1) is 0 Å². The number of nitrogens with one attached hydrogen (secondary N) is 4. The van der Waals surface area contributed by atoms with Crippen LogP contribution in [0.15, 0.2) is 30.3 Å². The molecule has 14 N–H and O–H groups in total. The van der Waals surface area contributed by atoms with E-state index in [4.69, 9.17) is 22.9 Å². The van der Waals surface area contributed by atoms with Gasteiger partial charge in [0.25, 0.3) is 0 Å². The number of nitrogens with zero attached hydrogens (tertiary/aromatic N) is 1. The van der Waals surface area contributed by atoms with E-state index in [9.17, 15) is 48.6 Å². The van der Waals surface area contributed by atoms with Gasteiger partial charge in [0.05, 0.1) is 25.0 Å². The zero-order valence-corrected chi connectivity index (χ0v) is 29.9. The predicted molar refractivity (Wildman–Crippen MR) is 187 cm³/mol. The van der Waals surface area contributed by atoms with Crippen molar-refractivity contribution in [3.05, 3.63) is 35.9 Å². The van der Waals surface area contributed by atoms with Crippen molar-refractivity contribution in [2.24, 2.45) is 22.9 Å². The lowest BCUT2D eigenvalue weighted by atomic mass is 10.0. The molecular weight excluding hydrogens is 682 g/mol. The number of carboxylic acid groups (broad SMARTS) is 1. The third kappa shape index (κ3) is 15.0. The summed E-state index contributed by atoms with van der Waals surface area (Å²) in [6.45, 7) is 6.06. The molecule has 290 valence electrons. The smallest absolute Gasteiger partial charge is 0.326 e. The van der Waals surface area contributed by atoms with Crippen LogP contribution in [0.2, 0.25) is 0 Å². The number of aliphatic hydroxyl groups is 1. The van der Waals surface area contributed by atoms with E-state index in [1.165, 1.54) is 13.8 Å². The summed E-state index contributed by atoms with van der Waals surface area (Å²) in [5.41, 5.74) is 22.2. The first-order valence-electron chi connectivity index (χ1n) is 16.8. The van der Waals surface area contributed by atoms with Crippen molar-refractivity contribution in [2.45, 2.75) is 115 Å². The average molecular weight is 736 g/mol. The number of amides is 7. The molecule has 0 aliphatic carbocycles. The summed E-state index contributed by atoms with van der Waals surface area (Å²) < 4.78 is 0. The number of aliphatic hydroxyl groups excluding tert-OH is 1. The Morgan fingerprint density at radius 3 is 1.83 bits per heavy atom. The summed E-state index contributed by atoms with van der Waals surface area (Å²) in [5, 5.41) is 29.6. The van der Waals surface area contributed by atoms with Gasteiger partial charge < -0.3 is 59.3 Å². The summed E-state index contributed by atoms with van der Waals surface area (Å²) in [4.78, 5) is 103. The molecule has 7 atom stereocenters. The van der Waals surface area contributed by atoms with Crippen LogP contribution in [-0.4, -0.2) is 117 Å². The molecule has 0 heterocycles. The lowest BCUT2D eigenvalue weighted by Crippen LogP contribution is -2.63. The molecule has 0 bridgehead atoms. The number of primary amides is 2. The summed E-state index contributed by atoms with van der Waals surface area (Å²) >= 11 is 0. The van der Waals surface area contributed by atoms with Crippen molar-refractivity contribution < 1.29 is 48.6 Å². The molecule has 52 heavy (non-hydrogen) atoms. The van der Waals surface area contributed by atoms with Crippen molar-refractivity contribution >= 4 is 47.3 Å². The highest BCUT2D eigenvalue weighted by Gasteiger charge is 2.39. The SMILES string of the molecule is CC(C)N(C(=O)[C@@H](NC(=O)[C@@H](N)CC(N)=O)[C@@H](C)O)[C@@H](CCCCN)C(=O)N[C@@H](C)C(=O)N[C@@H](Cc1ccccc1)C(=O)N[C@@H](CC(N)=O)C(=O)O. The van der Waals surface area contributed by atoms with Gasteiger partial charge in [-0.05, 0) is 59.1 Å². The molecule has 7 amide bonds. The van der Waals surface area contributed by atoms with Gasteiger partial charge in [0.15, 0.2) is 0 Å². The Morgan fingerprint density at radius 2 is 1.33 bits per heavy atom. The number of benzene rings is 1. The van der Waals surface area contributed by atoms with E-state index < -0.39 is 109 Å². The summed E-state index contributed by atoms with van der Waals surface area (Å²) in [6.07, 6.45) is -1.86. The number of aliphatic carboxylic acids is 1. The van der Waals surface area contributed by atoms with Crippen LogP contribution in [0.1, 0.15) is 65.4 Å². The molecule has 0 aromatic heterocycles. The molecule has 0 saturated carbocycles. The Kier molecular flexibility index (Phi) is 18.9. The zero-order chi connectivity index (χ0) is 39.7. The monoisotopic (exact) mass is 735 g/mol. The molecule has 0 spiro atoms. The van der Waals surface area contributed by atoms with Gasteiger partial charge in [0.1, 0.15) is 30.2 Å². The fourth-order valence-electron chi connectivity index (χ4n) is 5.17.